The van der Waals surface area contributed by atoms with Gasteiger partial charge in [0.05, 0.1) is 0 Å². The molecule has 0 amide bonds. The predicted molar refractivity (Wildman–Crippen MR) is 47.8 cm³/mol. The Morgan fingerprint density at radius 1 is 1.42 bits per heavy atom. The molecule has 1 rings (SSSR count). The molecule has 4 heteroatoms. The van der Waals surface area contributed by atoms with E-state index in [4.69, 9.17) is 5.73 Å². The predicted octanol–water partition coefficient (Wildman–Crippen LogP) is 0.818. The molecule has 3 N–H and O–H groups in total. The maximum atomic E-state index is 5.62. The summed E-state index contributed by atoms with van der Waals surface area (Å²) in [5.74, 6) is 2.13. The highest BCUT2D eigenvalue weighted by Gasteiger charge is 2.07. The highest BCUT2D eigenvalue weighted by Crippen LogP contribution is 2.07. The summed E-state index contributed by atoms with van der Waals surface area (Å²) < 4.78 is 0. The summed E-state index contributed by atoms with van der Waals surface area (Å²) >= 11 is 0. The normalized spacial score (nSPS) is 13.8. The molecular formula is C8H16N4. The van der Waals surface area contributed by atoms with Crippen LogP contribution in [0.1, 0.15) is 38.3 Å². The van der Waals surface area contributed by atoms with Gasteiger partial charge in [0, 0.05) is 18.4 Å². The van der Waals surface area contributed by atoms with Crippen LogP contribution in [0.4, 0.5) is 0 Å². The van der Waals surface area contributed by atoms with Gasteiger partial charge in [-0.15, -0.1) is 0 Å². The van der Waals surface area contributed by atoms with E-state index in [-0.39, 0.29) is 6.04 Å². The zero-order valence-electron chi connectivity index (χ0n) is 7.83. The molecule has 1 aromatic rings. The molecule has 1 aromatic heterocycles. The van der Waals surface area contributed by atoms with Gasteiger partial charge in [0.25, 0.3) is 0 Å². The lowest BCUT2D eigenvalue weighted by atomic mass is 10.2. The Labute approximate surface area is 72.6 Å². The molecule has 1 heterocycles. The monoisotopic (exact) mass is 168 g/mol. The zero-order valence-corrected chi connectivity index (χ0v) is 7.83. The van der Waals surface area contributed by atoms with E-state index >= 15 is 0 Å². The molecule has 68 valence electrons. The Morgan fingerprint density at radius 3 is 2.50 bits per heavy atom. The Bertz CT molecular complexity index is 239. The molecule has 0 aliphatic carbocycles. The van der Waals surface area contributed by atoms with Crippen molar-refractivity contribution >= 4 is 0 Å². The van der Waals surface area contributed by atoms with Crippen molar-refractivity contribution in [2.45, 2.75) is 39.2 Å². The quantitative estimate of drug-likeness (QED) is 0.702. The van der Waals surface area contributed by atoms with Crippen molar-refractivity contribution in [3.05, 3.63) is 11.6 Å². The fraction of sp³-hybridized carbons (Fsp3) is 0.750. The van der Waals surface area contributed by atoms with Crippen LogP contribution in [0, 0.1) is 0 Å². The average molecular weight is 168 g/mol. The Morgan fingerprint density at radius 2 is 2.08 bits per heavy atom. The molecule has 12 heavy (non-hydrogen) atoms. The van der Waals surface area contributed by atoms with Crippen LogP contribution in [0.25, 0.3) is 0 Å². The maximum Gasteiger partial charge on any atom is 0.153 e. The molecule has 0 saturated carbocycles. The lowest BCUT2D eigenvalue weighted by Crippen LogP contribution is -2.18. The van der Waals surface area contributed by atoms with Crippen LogP contribution in [-0.4, -0.2) is 21.2 Å². The second-order valence-corrected chi connectivity index (χ2v) is 3.48. The van der Waals surface area contributed by atoms with Crippen molar-refractivity contribution in [2.75, 3.05) is 0 Å². The summed E-state index contributed by atoms with van der Waals surface area (Å²) in [6.45, 7) is 6.09. The van der Waals surface area contributed by atoms with Gasteiger partial charge in [-0.2, -0.15) is 5.10 Å². The fourth-order valence-corrected chi connectivity index (χ4v) is 0.965. The fourth-order valence-electron chi connectivity index (χ4n) is 0.965. The van der Waals surface area contributed by atoms with E-state index in [1.807, 2.05) is 6.92 Å². The minimum absolute atomic E-state index is 0.137. The molecule has 1 atom stereocenters. The molecule has 0 bridgehead atoms. The number of rotatable bonds is 3. The highest BCUT2D eigenvalue weighted by molar-refractivity contribution is 4.95. The first kappa shape index (κ1) is 9.19. The average Bonchev–Trinajstić information content (AvgIpc) is 2.34. The van der Waals surface area contributed by atoms with E-state index in [9.17, 15) is 0 Å². The van der Waals surface area contributed by atoms with Crippen LogP contribution in [0.3, 0.4) is 0 Å². The first-order chi connectivity index (χ1) is 5.59. The van der Waals surface area contributed by atoms with Gasteiger partial charge in [0.1, 0.15) is 5.82 Å². The second kappa shape index (κ2) is 3.67. The van der Waals surface area contributed by atoms with Crippen molar-refractivity contribution in [3.8, 4) is 0 Å². The summed E-state index contributed by atoms with van der Waals surface area (Å²) in [7, 11) is 0. The molecule has 0 radical (unpaired) electrons. The summed E-state index contributed by atoms with van der Waals surface area (Å²) in [4.78, 5) is 4.30. The number of aromatic amines is 1. The largest absolute Gasteiger partial charge is 0.328 e. The van der Waals surface area contributed by atoms with Gasteiger partial charge >= 0.3 is 0 Å². The third kappa shape index (κ3) is 2.30. The SMILES string of the molecule is CC(N)Cc1nc(C(C)C)n[nH]1. The van der Waals surface area contributed by atoms with Gasteiger partial charge in [-0.05, 0) is 6.92 Å². The molecule has 0 aliphatic heterocycles. The van der Waals surface area contributed by atoms with Crippen LogP contribution >= 0.6 is 0 Å². The van der Waals surface area contributed by atoms with E-state index < -0.39 is 0 Å². The standard InChI is InChI=1S/C8H16N4/c1-5(2)8-10-7(11-12-8)4-6(3)9/h5-6H,4,9H2,1-3H3,(H,10,11,12). The number of hydrogen-bond donors (Lipinski definition) is 2. The van der Waals surface area contributed by atoms with Gasteiger partial charge in [-0.1, -0.05) is 13.8 Å². The summed E-state index contributed by atoms with van der Waals surface area (Å²) in [6.07, 6.45) is 0.764. The molecule has 0 saturated heterocycles. The molecule has 4 nitrogen and oxygen atoms in total. The number of hydrogen-bond acceptors (Lipinski definition) is 3. The van der Waals surface area contributed by atoms with Crippen molar-refractivity contribution < 1.29 is 0 Å². The molecule has 0 fully saturated rings. The summed E-state index contributed by atoms with van der Waals surface area (Å²) in [5.41, 5.74) is 5.62. The first-order valence-electron chi connectivity index (χ1n) is 4.26. The Hall–Kier alpha value is -0.900. The van der Waals surface area contributed by atoms with E-state index in [2.05, 4.69) is 29.0 Å². The minimum Gasteiger partial charge on any atom is -0.328 e. The maximum absolute atomic E-state index is 5.62. The number of nitrogens with zero attached hydrogens (tertiary/aromatic N) is 2. The van der Waals surface area contributed by atoms with Gasteiger partial charge in [0.15, 0.2) is 5.82 Å². The summed E-state index contributed by atoms with van der Waals surface area (Å²) in [6, 6.07) is 0.137. The lowest BCUT2D eigenvalue weighted by molar-refractivity contribution is 0.703. The van der Waals surface area contributed by atoms with E-state index in [1.165, 1.54) is 0 Å². The molecule has 0 aromatic carbocycles. The van der Waals surface area contributed by atoms with Gasteiger partial charge in [0.2, 0.25) is 0 Å². The Kier molecular flexibility index (Phi) is 2.81. The van der Waals surface area contributed by atoms with Gasteiger partial charge < -0.3 is 5.73 Å². The molecule has 1 unspecified atom stereocenters. The number of nitrogens with one attached hydrogen (secondary N) is 1. The van der Waals surface area contributed by atoms with E-state index in [0.29, 0.717) is 5.92 Å². The number of nitrogens with two attached hydrogens (primary N) is 1. The third-order valence-electron chi connectivity index (χ3n) is 1.58. The van der Waals surface area contributed by atoms with Crippen molar-refractivity contribution in [1.29, 1.82) is 0 Å². The highest BCUT2D eigenvalue weighted by atomic mass is 15.2. The zero-order chi connectivity index (χ0) is 9.14. The van der Waals surface area contributed by atoms with Crippen molar-refractivity contribution in [3.63, 3.8) is 0 Å². The second-order valence-electron chi connectivity index (χ2n) is 3.48. The minimum atomic E-state index is 0.137. The summed E-state index contributed by atoms with van der Waals surface area (Å²) in [5, 5.41) is 6.95. The molecule has 0 spiro atoms. The lowest BCUT2D eigenvalue weighted by Gasteiger charge is -1.99. The van der Waals surface area contributed by atoms with Gasteiger partial charge in [-0.3, -0.25) is 5.10 Å². The first-order valence-corrected chi connectivity index (χ1v) is 4.26. The van der Waals surface area contributed by atoms with Crippen LogP contribution < -0.4 is 5.73 Å². The molecular weight excluding hydrogens is 152 g/mol. The van der Waals surface area contributed by atoms with Crippen LogP contribution in [0.2, 0.25) is 0 Å². The van der Waals surface area contributed by atoms with Crippen molar-refractivity contribution in [1.82, 2.24) is 15.2 Å². The number of H-pyrrole nitrogens is 1. The number of aromatic nitrogens is 3. The van der Waals surface area contributed by atoms with Crippen LogP contribution in [0.15, 0.2) is 0 Å². The van der Waals surface area contributed by atoms with E-state index in [1.54, 1.807) is 0 Å². The van der Waals surface area contributed by atoms with Crippen LogP contribution in [-0.2, 0) is 6.42 Å². The van der Waals surface area contributed by atoms with Crippen LogP contribution in [0.5, 0.6) is 0 Å². The topological polar surface area (TPSA) is 67.6 Å². The smallest absolute Gasteiger partial charge is 0.153 e. The third-order valence-corrected chi connectivity index (χ3v) is 1.58. The molecule has 0 aliphatic rings. The Balaban J connectivity index is 2.64. The van der Waals surface area contributed by atoms with Gasteiger partial charge in [-0.25, -0.2) is 4.98 Å². The van der Waals surface area contributed by atoms with E-state index in [0.717, 1.165) is 18.1 Å². The van der Waals surface area contributed by atoms with Crippen molar-refractivity contribution in [2.24, 2.45) is 5.73 Å².